The van der Waals surface area contributed by atoms with E-state index in [1.165, 1.54) is 0 Å². The maximum absolute atomic E-state index is 13.0. The van der Waals surface area contributed by atoms with Gasteiger partial charge in [-0.05, 0) is 24.6 Å². The van der Waals surface area contributed by atoms with E-state index in [4.69, 9.17) is 16.7 Å². The average molecular weight is 322 g/mol. The van der Waals surface area contributed by atoms with Gasteiger partial charge < -0.3 is 5.11 Å². The fourth-order valence-electron chi connectivity index (χ4n) is 2.71. The predicted molar refractivity (Wildman–Crippen MR) is 72.1 cm³/mol. The minimum absolute atomic E-state index is 0.118. The third-order valence-corrected chi connectivity index (χ3v) is 4.20. The quantitative estimate of drug-likeness (QED) is 0.925. The molecule has 1 fully saturated rings. The van der Waals surface area contributed by atoms with Gasteiger partial charge in [-0.15, -0.1) is 0 Å². The van der Waals surface area contributed by atoms with Crippen LogP contribution in [-0.2, 0) is 4.79 Å². The Bertz CT molecular complexity index is 535. The van der Waals surface area contributed by atoms with Crippen LogP contribution in [0.3, 0.4) is 0 Å². The van der Waals surface area contributed by atoms with E-state index in [0.717, 1.165) is 5.56 Å². The molecule has 1 unspecified atom stereocenters. The van der Waals surface area contributed by atoms with Crippen molar-refractivity contribution in [2.75, 3.05) is 13.1 Å². The number of nitrogens with zero attached hydrogens (tertiary/aromatic N) is 1. The lowest BCUT2D eigenvalue weighted by molar-refractivity contribution is -0.188. The van der Waals surface area contributed by atoms with Crippen LogP contribution in [0.4, 0.5) is 13.2 Å². The lowest BCUT2D eigenvalue weighted by Gasteiger charge is -2.25. The molecule has 0 aromatic heterocycles. The molecule has 7 heteroatoms. The van der Waals surface area contributed by atoms with Crippen molar-refractivity contribution in [1.29, 1.82) is 0 Å². The lowest BCUT2D eigenvalue weighted by atomic mass is 9.96. The molecule has 0 aliphatic carbocycles. The van der Waals surface area contributed by atoms with E-state index in [2.05, 4.69) is 0 Å². The van der Waals surface area contributed by atoms with Gasteiger partial charge in [0.05, 0.1) is 11.8 Å². The molecule has 0 bridgehead atoms. The summed E-state index contributed by atoms with van der Waals surface area (Å²) in [6.45, 7) is 1.32. The number of rotatable bonds is 3. The van der Waals surface area contributed by atoms with E-state index in [-0.39, 0.29) is 19.1 Å². The van der Waals surface area contributed by atoms with Crippen LogP contribution < -0.4 is 0 Å². The number of aliphatic carboxylic acids is 1. The molecule has 1 heterocycles. The van der Waals surface area contributed by atoms with Crippen LogP contribution in [-0.4, -0.2) is 35.2 Å². The summed E-state index contributed by atoms with van der Waals surface area (Å²) >= 11 is 5.88. The molecule has 0 saturated carbocycles. The monoisotopic (exact) mass is 321 g/mol. The SMILES string of the molecule is CC(c1cccc(Cl)c1)N1C[C@@H](C(F)(F)F)[C@H](C(=O)O)C1. The first-order valence-electron chi connectivity index (χ1n) is 6.49. The van der Waals surface area contributed by atoms with Gasteiger partial charge in [0.2, 0.25) is 0 Å². The lowest BCUT2D eigenvalue weighted by Crippen LogP contribution is -2.33. The van der Waals surface area contributed by atoms with Crippen LogP contribution in [0.25, 0.3) is 0 Å². The van der Waals surface area contributed by atoms with Crippen molar-refractivity contribution in [3.63, 3.8) is 0 Å². The van der Waals surface area contributed by atoms with Crippen molar-refractivity contribution in [2.45, 2.75) is 19.1 Å². The molecule has 1 aliphatic rings. The van der Waals surface area contributed by atoms with Crippen LogP contribution >= 0.6 is 11.6 Å². The number of hydrogen-bond donors (Lipinski definition) is 1. The average Bonchev–Trinajstić information content (AvgIpc) is 2.83. The summed E-state index contributed by atoms with van der Waals surface area (Å²) in [5.41, 5.74) is 0.773. The molecule has 0 radical (unpaired) electrons. The van der Waals surface area contributed by atoms with Crippen molar-refractivity contribution in [1.82, 2.24) is 4.90 Å². The third kappa shape index (κ3) is 3.49. The Labute approximate surface area is 125 Å². The Morgan fingerprint density at radius 2 is 2.10 bits per heavy atom. The Balaban J connectivity index is 2.20. The first kappa shape index (κ1) is 16.1. The Morgan fingerprint density at radius 1 is 1.43 bits per heavy atom. The zero-order valence-corrected chi connectivity index (χ0v) is 12.0. The van der Waals surface area contributed by atoms with E-state index in [9.17, 15) is 18.0 Å². The maximum Gasteiger partial charge on any atom is 0.393 e. The molecule has 116 valence electrons. The van der Waals surface area contributed by atoms with Gasteiger partial charge in [0.15, 0.2) is 0 Å². The van der Waals surface area contributed by atoms with Gasteiger partial charge in [-0.3, -0.25) is 9.69 Å². The number of alkyl halides is 3. The molecule has 21 heavy (non-hydrogen) atoms. The maximum atomic E-state index is 13.0. The van der Waals surface area contributed by atoms with Gasteiger partial charge in [-0.25, -0.2) is 0 Å². The Morgan fingerprint density at radius 3 is 2.57 bits per heavy atom. The summed E-state index contributed by atoms with van der Waals surface area (Å²) < 4.78 is 38.9. The molecule has 1 aliphatic heterocycles. The zero-order chi connectivity index (χ0) is 15.8. The zero-order valence-electron chi connectivity index (χ0n) is 11.3. The van der Waals surface area contributed by atoms with E-state index in [1.54, 1.807) is 36.1 Å². The largest absolute Gasteiger partial charge is 0.481 e. The number of benzene rings is 1. The van der Waals surface area contributed by atoms with Crippen LogP contribution in [0.5, 0.6) is 0 Å². The summed E-state index contributed by atoms with van der Waals surface area (Å²) in [5.74, 6) is -4.67. The van der Waals surface area contributed by atoms with Crippen molar-refractivity contribution >= 4 is 17.6 Å². The smallest absolute Gasteiger partial charge is 0.393 e. The number of halogens is 4. The molecule has 3 nitrogen and oxygen atoms in total. The minimum atomic E-state index is -4.51. The van der Waals surface area contributed by atoms with Crippen LogP contribution in [0.2, 0.25) is 5.02 Å². The van der Waals surface area contributed by atoms with Gasteiger partial charge in [0.1, 0.15) is 0 Å². The highest BCUT2D eigenvalue weighted by atomic mass is 35.5. The third-order valence-electron chi connectivity index (χ3n) is 3.96. The van der Waals surface area contributed by atoms with Crippen molar-refractivity contribution < 1.29 is 23.1 Å². The van der Waals surface area contributed by atoms with Gasteiger partial charge in [0, 0.05) is 24.2 Å². The van der Waals surface area contributed by atoms with Crippen molar-refractivity contribution in [2.24, 2.45) is 11.8 Å². The summed E-state index contributed by atoms with van der Waals surface area (Å²) in [6, 6.07) is 6.54. The number of carboxylic acid groups (broad SMARTS) is 1. The number of carboxylic acids is 1. The summed E-state index contributed by atoms with van der Waals surface area (Å²) in [7, 11) is 0. The molecular formula is C14H15ClF3NO2. The highest BCUT2D eigenvalue weighted by Crippen LogP contribution is 2.40. The second-order valence-corrected chi connectivity index (χ2v) is 5.71. The second kappa shape index (κ2) is 5.85. The first-order chi connectivity index (χ1) is 9.70. The highest BCUT2D eigenvalue weighted by Gasteiger charge is 2.53. The molecule has 1 saturated heterocycles. The predicted octanol–water partition coefficient (Wildman–Crippen LogP) is 3.60. The van der Waals surface area contributed by atoms with Crippen molar-refractivity contribution in [3.8, 4) is 0 Å². The Hall–Kier alpha value is -1.27. The fourth-order valence-corrected chi connectivity index (χ4v) is 2.91. The standard InChI is InChI=1S/C14H15ClF3NO2/c1-8(9-3-2-4-10(15)5-9)19-6-11(13(20)21)12(7-19)14(16,17)18/h2-5,8,11-12H,6-7H2,1H3,(H,20,21)/t8?,11-,12-/m1/s1. The van der Waals surface area contributed by atoms with E-state index >= 15 is 0 Å². The van der Waals surface area contributed by atoms with Crippen molar-refractivity contribution in [3.05, 3.63) is 34.9 Å². The summed E-state index contributed by atoms with van der Waals surface area (Å²) in [4.78, 5) is 12.6. The first-order valence-corrected chi connectivity index (χ1v) is 6.87. The Kier molecular flexibility index (Phi) is 4.49. The number of likely N-dealkylation sites (tertiary alicyclic amines) is 1. The summed E-state index contributed by atoms with van der Waals surface area (Å²) in [5, 5.41) is 9.51. The number of carbonyl (C=O) groups is 1. The molecule has 1 aromatic rings. The van der Waals surface area contributed by atoms with Gasteiger partial charge in [0.25, 0.3) is 0 Å². The topological polar surface area (TPSA) is 40.5 Å². The summed E-state index contributed by atoms with van der Waals surface area (Å²) in [6.07, 6.45) is -4.51. The van der Waals surface area contributed by atoms with E-state index in [0.29, 0.717) is 5.02 Å². The molecule has 1 aromatic carbocycles. The normalized spacial score (nSPS) is 25.0. The molecular weight excluding hydrogens is 307 g/mol. The van der Waals surface area contributed by atoms with E-state index < -0.39 is 24.0 Å². The molecule has 0 amide bonds. The number of hydrogen-bond acceptors (Lipinski definition) is 2. The van der Waals surface area contributed by atoms with Gasteiger partial charge >= 0.3 is 12.1 Å². The van der Waals surface area contributed by atoms with Gasteiger partial charge in [-0.2, -0.15) is 13.2 Å². The highest BCUT2D eigenvalue weighted by molar-refractivity contribution is 6.30. The minimum Gasteiger partial charge on any atom is -0.481 e. The molecule has 2 rings (SSSR count). The molecule has 3 atom stereocenters. The fraction of sp³-hybridized carbons (Fsp3) is 0.500. The van der Waals surface area contributed by atoms with Crippen LogP contribution in [0.1, 0.15) is 18.5 Å². The van der Waals surface area contributed by atoms with E-state index in [1.807, 2.05) is 0 Å². The van der Waals surface area contributed by atoms with Crippen LogP contribution in [0.15, 0.2) is 24.3 Å². The molecule has 1 N–H and O–H groups in total. The second-order valence-electron chi connectivity index (χ2n) is 5.28. The molecule has 0 spiro atoms. The van der Waals surface area contributed by atoms with Gasteiger partial charge in [-0.1, -0.05) is 23.7 Å². The van der Waals surface area contributed by atoms with Crippen LogP contribution in [0, 0.1) is 11.8 Å².